The molecule has 2 aromatic rings. The number of hydrogen-bond donors (Lipinski definition) is 1. The maximum absolute atomic E-state index is 5.06. The van der Waals surface area contributed by atoms with Crippen molar-refractivity contribution in [2.24, 2.45) is 0 Å². The van der Waals surface area contributed by atoms with Crippen LogP contribution < -0.4 is 10.1 Å². The molecule has 94 valence electrons. The van der Waals surface area contributed by atoms with E-state index in [0.717, 1.165) is 12.2 Å². The van der Waals surface area contributed by atoms with Crippen molar-refractivity contribution in [3.05, 3.63) is 48.3 Å². The summed E-state index contributed by atoms with van der Waals surface area (Å²) in [6.45, 7) is 2.13. The second kappa shape index (κ2) is 6.00. The SMILES string of the molecule is COc1cc(NC(C)Cc2ccccc2)ncn1. The molecule has 0 saturated heterocycles. The van der Waals surface area contributed by atoms with Crippen molar-refractivity contribution in [3.63, 3.8) is 0 Å². The Morgan fingerprint density at radius 1 is 1.22 bits per heavy atom. The zero-order valence-corrected chi connectivity index (χ0v) is 10.6. The van der Waals surface area contributed by atoms with Crippen LogP contribution in [0.4, 0.5) is 5.82 Å². The molecule has 0 aliphatic carbocycles. The molecular formula is C14H17N3O. The molecule has 0 bridgehead atoms. The molecule has 4 nitrogen and oxygen atoms in total. The predicted octanol–water partition coefficient (Wildman–Crippen LogP) is 2.53. The molecule has 1 heterocycles. The van der Waals surface area contributed by atoms with Crippen LogP contribution in [0.2, 0.25) is 0 Å². The summed E-state index contributed by atoms with van der Waals surface area (Å²) in [5.74, 6) is 1.35. The van der Waals surface area contributed by atoms with E-state index < -0.39 is 0 Å². The van der Waals surface area contributed by atoms with Crippen LogP contribution in [0.15, 0.2) is 42.7 Å². The fraction of sp³-hybridized carbons (Fsp3) is 0.286. The summed E-state index contributed by atoms with van der Waals surface area (Å²) < 4.78 is 5.06. The van der Waals surface area contributed by atoms with Gasteiger partial charge in [0.1, 0.15) is 12.1 Å². The maximum atomic E-state index is 5.06. The summed E-state index contributed by atoms with van der Waals surface area (Å²) in [4.78, 5) is 8.14. The van der Waals surface area contributed by atoms with Gasteiger partial charge in [0.05, 0.1) is 7.11 Å². The average Bonchev–Trinajstić information content (AvgIpc) is 2.40. The lowest BCUT2D eigenvalue weighted by atomic mass is 10.1. The van der Waals surface area contributed by atoms with Gasteiger partial charge < -0.3 is 10.1 Å². The second-order valence-electron chi connectivity index (χ2n) is 4.18. The largest absolute Gasteiger partial charge is 0.481 e. The van der Waals surface area contributed by atoms with Crippen LogP contribution in [0.5, 0.6) is 5.88 Å². The number of nitrogens with zero attached hydrogens (tertiary/aromatic N) is 2. The standard InChI is InChI=1S/C14H17N3O/c1-11(8-12-6-4-3-5-7-12)17-13-9-14(18-2)16-10-15-13/h3-7,9-11H,8H2,1-2H3,(H,15,16,17). The van der Waals surface area contributed by atoms with Gasteiger partial charge in [-0.05, 0) is 18.9 Å². The smallest absolute Gasteiger partial charge is 0.218 e. The van der Waals surface area contributed by atoms with Crippen LogP contribution in [-0.2, 0) is 6.42 Å². The molecule has 0 aliphatic heterocycles. The minimum atomic E-state index is 0.298. The average molecular weight is 243 g/mol. The summed E-state index contributed by atoms with van der Waals surface area (Å²) in [6.07, 6.45) is 2.45. The highest BCUT2D eigenvalue weighted by Crippen LogP contribution is 2.12. The van der Waals surface area contributed by atoms with E-state index in [1.54, 1.807) is 13.2 Å². The van der Waals surface area contributed by atoms with Gasteiger partial charge in [0.25, 0.3) is 0 Å². The molecule has 18 heavy (non-hydrogen) atoms. The Hall–Kier alpha value is -2.10. The van der Waals surface area contributed by atoms with Crippen molar-refractivity contribution in [1.29, 1.82) is 0 Å². The van der Waals surface area contributed by atoms with E-state index in [2.05, 4.69) is 46.5 Å². The quantitative estimate of drug-likeness (QED) is 0.876. The zero-order valence-electron chi connectivity index (χ0n) is 10.6. The summed E-state index contributed by atoms with van der Waals surface area (Å²) in [5, 5.41) is 3.33. The van der Waals surface area contributed by atoms with Crippen LogP contribution in [0, 0.1) is 0 Å². The van der Waals surface area contributed by atoms with Gasteiger partial charge in [-0.2, -0.15) is 0 Å². The van der Waals surface area contributed by atoms with E-state index in [4.69, 9.17) is 4.74 Å². The van der Waals surface area contributed by atoms with Crippen LogP contribution >= 0.6 is 0 Å². The van der Waals surface area contributed by atoms with Crippen molar-refractivity contribution in [2.75, 3.05) is 12.4 Å². The molecule has 2 rings (SSSR count). The highest BCUT2D eigenvalue weighted by molar-refractivity contribution is 5.38. The van der Waals surface area contributed by atoms with Gasteiger partial charge in [-0.1, -0.05) is 30.3 Å². The number of methoxy groups -OCH3 is 1. The molecule has 1 aromatic heterocycles. The van der Waals surface area contributed by atoms with Gasteiger partial charge in [0.15, 0.2) is 0 Å². The Kier molecular flexibility index (Phi) is 4.12. The Labute approximate surface area is 107 Å². The number of benzene rings is 1. The fourth-order valence-corrected chi connectivity index (χ4v) is 1.80. The summed E-state index contributed by atoms with van der Waals surface area (Å²) in [5.41, 5.74) is 1.30. The first-order valence-electron chi connectivity index (χ1n) is 5.94. The molecule has 1 aromatic carbocycles. The number of anilines is 1. The normalized spacial score (nSPS) is 11.9. The van der Waals surface area contributed by atoms with Crippen LogP contribution in [0.1, 0.15) is 12.5 Å². The Balaban J connectivity index is 1.96. The Bertz CT molecular complexity index is 487. The van der Waals surface area contributed by atoms with Crippen molar-refractivity contribution in [3.8, 4) is 5.88 Å². The highest BCUT2D eigenvalue weighted by Gasteiger charge is 2.05. The van der Waals surface area contributed by atoms with Crippen molar-refractivity contribution < 1.29 is 4.74 Å². The summed E-state index contributed by atoms with van der Waals surface area (Å²) >= 11 is 0. The van der Waals surface area contributed by atoms with Crippen LogP contribution in [0.3, 0.4) is 0 Å². The van der Waals surface area contributed by atoms with Crippen molar-refractivity contribution in [1.82, 2.24) is 9.97 Å². The lowest BCUT2D eigenvalue weighted by molar-refractivity contribution is 0.397. The molecule has 0 fully saturated rings. The van der Waals surface area contributed by atoms with E-state index in [1.165, 1.54) is 11.9 Å². The van der Waals surface area contributed by atoms with E-state index in [9.17, 15) is 0 Å². The van der Waals surface area contributed by atoms with Gasteiger partial charge in [-0.25, -0.2) is 9.97 Å². The molecule has 1 atom stereocenters. The van der Waals surface area contributed by atoms with E-state index in [1.807, 2.05) is 6.07 Å². The number of aromatic nitrogens is 2. The lowest BCUT2D eigenvalue weighted by Gasteiger charge is -2.14. The van der Waals surface area contributed by atoms with E-state index >= 15 is 0 Å². The molecule has 1 N–H and O–H groups in total. The van der Waals surface area contributed by atoms with Crippen LogP contribution in [0.25, 0.3) is 0 Å². The first-order valence-corrected chi connectivity index (χ1v) is 5.94. The van der Waals surface area contributed by atoms with Gasteiger partial charge in [-0.15, -0.1) is 0 Å². The molecule has 4 heteroatoms. The lowest BCUT2D eigenvalue weighted by Crippen LogP contribution is -2.18. The van der Waals surface area contributed by atoms with Gasteiger partial charge in [0, 0.05) is 12.1 Å². The third-order valence-corrected chi connectivity index (χ3v) is 2.63. The van der Waals surface area contributed by atoms with Gasteiger partial charge in [0.2, 0.25) is 5.88 Å². The van der Waals surface area contributed by atoms with Crippen molar-refractivity contribution in [2.45, 2.75) is 19.4 Å². The maximum Gasteiger partial charge on any atom is 0.218 e. The molecule has 0 saturated carbocycles. The van der Waals surface area contributed by atoms with E-state index in [-0.39, 0.29) is 0 Å². The second-order valence-corrected chi connectivity index (χ2v) is 4.18. The first kappa shape index (κ1) is 12.4. The number of hydrogen-bond acceptors (Lipinski definition) is 4. The molecule has 1 unspecified atom stereocenters. The van der Waals surface area contributed by atoms with E-state index in [0.29, 0.717) is 11.9 Å². The monoisotopic (exact) mass is 243 g/mol. The summed E-state index contributed by atoms with van der Waals surface area (Å²) in [7, 11) is 1.60. The molecule has 0 aliphatic rings. The number of rotatable bonds is 5. The molecular weight excluding hydrogens is 226 g/mol. The van der Waals surface area contributed by atoms with Gasteiger partial charge in [-0.3, -0.25) is 0 Å². The number of nitrogens with one attached hydrogen (secondary N) is 1. The third kappa shape index (κ3) is 3.45. The van der Waals surface area contributed by atoms with Gasteiger partial charge >= 0.3 is 0 Å². The first-order chi connectivity index (χ1) is 8.78. The number of ether oxygens (including phenoxy) is 1. The fourth-order valence-electron chi connectivity index (χ4n) is 1.80. The predicted molar refractivity (Wildman–Crippen MR) is 71.8 cm³/mol. The van der Waals surface area contributed by atoms with Crippen molar-refractivity contribution >= 4 is 5.82 Å². The zero-order chi connectivity index (χ0) is 12.8. The highest BCUT2D eigenvalue weighted by atomic mass is 16.5. The Morgan fingerprint density at radius 3 is 2.72 bits per heavy atom. The minimum Gasteiger partial charge on any atom is -0.481 e. The minimum absolute atomic E-state index is 0.298. The molecule has 0 spiro atoms. The summed E-state index contributed by atoms with van der Waals surface area (Å²) in [6, 6.07) is 12.5. The molecule has 0 amide bonds. The van der Waals surface area contributed by atoms with Crippen LogP contribution in [-0.4, -0.2) is 23.1 Å². The Morgan fingerprint density at radius 2 is 2.00 bits per heavy atom. The third-order valence-electron chi connectivity index (χ3n) is 2.63. The molecule has 0 radical (unpaired) electrons. The topological polar surface area (TPSA) is 47.0 Å².